The number of aromatic nitrogens is 2. The summed E-state index contributed by atoms with van der Waals surface area (Å²) in [6, 6.07) is 59.5. The Bertz CT molecular complexity index is 3330. The number of hydrogen-bond acceptors (Lipinski definition) is 2. The zero-order chi connectivity index (χ0) is 37.1. The highest BCUT2D eigenvalue weighted by Crippen LogP contribution is 2.44. The van der Waals surface area contributed by atoms with Crippen LogP contribution in [0.4, 0.5) is 0 Å². The monoisotopic (exact) mass is 752 g/mol. The van der Waals surface area contributed by atoms with E-state index in [1.165, 1.54) is 117 Å². The van der Waals surface area contributed by atoms with Crippen LogP contribution in [-0.4, -0.2) is 9.13 Å². The minimum Gasteiger partial charge on any atom is -0.341 e. The van der Waals surface area contributed by atoms with E-state index in [2.05, 4.69) is 181 Å². The van der Waals surface area contributed by atoms with Crippen molar-refractivity contribution in [2.45, 2.75) is 26.9 Å². The van der Waals surface area contributed by atoms with E-state index in [4.69, 9.17) is 0 Å². The minimum absolute atomic E-state index is 0.921. The Kier molecular flexibility index (Phi) is 6.96. The molecule has 8 aromatic carbocycles. The summed E-state index contributed by atoms with van der Waals surface area (Å²) >= 11 is 3.80. The average Bonchev–Trinajstić information content (AvgIpc) is 4.00. The van der Waals surface area contributed by atoms with Gasteiger partial charge in [0.05, 0.1) is 0 Å². The van der Waals surface area contributed by atoms with Crippen molar-refractivity contribution in [2.75, 3.05) is 0 Å². The first-order valence-corrected chi connectivity index (χ1v) is 21.2. The highest BCUT2D eigenvalue weighted by atomic mass is 32.1. The van der Waals surface area contributed by atoms with Crippen LogP contribution in [0.25, 0.3) is 117 Å². The molecule has 0 atom stereocenters. The van der Waals surface area contributed by atoms with Crippen molar-refractivity contribution in [3.05, 3.63) is 158 Å². The highest BCUT2D eigenvalue weighted by molar-refractivity contribution is 7.26. The molecular formula is C52H36N2S2. The van der Waals surface area contributed by atoms with Crippen LogP contribution in [0, 0.1) is 0 Å². The molecule has 0 unspecified atom stereocenters. The van der Waals surface area contributed by atoms with Gasteiger partial charge in [-0.2, -0.15) is 0 Å². The Morgan fingerprint density at radius 1 is 0.339 bits per heavy atom. The van der Waals surface area contributed by atoms with E-state index in [1.54, 1.807) is 0 Å². The summed E-state index contributed by atoms with van der Waals surface area (Å²) in [5, 5.41) is 10.6. The number of thiophene rings is 2. The molecule has 2 nitrogen and oxygen atoms in total. The van der Waals surface area contributed by atoms with Gasteiger partial charge in [0.2, 0.25) is 0 Å². The van der Waals surface area contributed by atoms with Crippen molar-refractivity contribution < 1.29 is 0 Å². The Balaban J connectivity index is 1.02. The van der Waals surface area contributed by atoms with Crippen molar-refractivity contribution in [1.29, 1.82) is 0 Å². The Labute approximate surface area is 332 Å². The van der Waals surface area contributed by atoms with Crippen molar-refractivity contribution in [3.8, 4) is 33.4 Å². The predicted octanol–water partition coefficient (Wildman–Crippen LogP) is 15.7. The first-order chi connectivity index (χ1) is 27.7. The van der Waals surface area contributed by atoms with E-state index in [-0.39, 0.29) is 0 Å². The van der Waals surface area contributed by atoms with Crippen molar-refractivity contribution in [3.63, 3.8) is 0 Å². The maximum absolute atomic E-state index is 2.47. The lowest BCUT2D eigenvalue weighted by molar-refractivity contribution is 0.827. The molecular weight excluding hydrogens is 717 g/mol. The average molecular weight is 753 g/mol. The lowest BCUT2D eigenvalue weighted by atomic mass is 9.98. The normalized spacial score (nSPS) is 12.2. The summed E-state index contributed by atoms with van der Waals surface area (Å²) in [5.74, 6) is 0. The van der Waals surface area contributed by atoms with Gasteiger partial charge in [0.15, 0.2) is 0 Å². The number of hydrogen-bond donors (Lipinski definition) is 0. The number of aryl methyl sites for hydroxylation is 2. The van der Waals surface area contributed by atoms with E-state index >= 15 is 0 Å². The van der Waals surface area contributed by atoms with Crippen LogP contribution in [0.3, 0.4) is 0 Å². The third-order valence-corrected chi connectivity index (χ3v) is 14.6. The van der Waals surface area contributed by atoms with Gasteiger partial charge in [-0.25, -0.2) is 0 Å². The van der Waals surface area contributed by atoms with Gasteiger partial charge >= 0.3 is 0 Å². The van der Waals surface area contributed by atoms with Crippen LogP contribution in [0.5, 0.6) is 0 Å². The second kappa shape index (κ2) is 12.1. The van der Waals surface area contributed by atoms with Crippen LogP contribution < -0.4 is 0 Å². The van der Waals surface area contributed by atoms with E-state index in [1.807, 2.05) is 22.7 Å². The van der Waals surface area contributed by atoms with Gasteiger partial charge in [-0.1, -0.05) is 97.1 Å². The Morgan fingerprint density at radius 3 is 1.11 bits per heavy atom. The molecule has 4 aromatic heterocycles. The molecule has 0 amide bonds. The van der Waals surface area contributed by atoms with Crippen LogP contribution in [0.1, 0.15) is 13.8 Å². The van der Waals surface area contributed by atoms with E-state index in [0.717, 1.165) is 13.1 Å². The van der Waals surface area contributed by atoms with Gasteiger partial charge < -0.3 is 9.13 Å². The molecule has 0 N–H and O–H groups in total. The Morgan fingerprint density at radius 2 is 0.696 bits per heavy atom. The third-order valence-electron chi connectivity index (χ3n) is 12.1. The summed E-state index contributed by atoms with van der Waals surface area (Å²) in [6.07, 6.45) is 0. The van der Waals surface area contributed by atoms with Crippen molar-refractivity contribution in [1.82, 2.24) is 9.13 Å². The fourth-order valence-corrected chi connectivity index (χ4v) is 12.0. The standard InChI is InChI=1S/C52H36N2S2/c1-3-53-45-23-19-31(27-41(45)43-29-33(21-25-47(43)53)35-13-9-15-39-37-11-5-7-17-49(37)55-51(35)39)32-20-24-46-42(28-32)44-30-34(22-26-48(44)54(46)4-2)36-14-10-16-40-38-12-6-8-18-50(38)56-52(36)40/h5-30H,3-4H2,1-2H3. The quantitative estimate of drug-likeness (QED) is 0.166. The van der Waals surface area contributed by atoms with Crippen LogP contribution in [0.15, 0.2) is 158 Å². The molecule has 0 aliphatic carbocycles. The third kappa shape index (κ3) is 4.54. The molecule has 12 rings (SSSR count). The van der Waals surface area contributed by atoms with Crippen molar-refractivity contribution in [2.24, 2.45) is 0 Å². The topological polar surface area (TPSA) is 9.86 Å². The molecule has 0 aliphatic heterocycles. The van der Waals surface area contributed by atoms with Gasteiger partial charge in [0, 0.05) is 97.0 Å². The maximum atomic E-state index is 2.47. The molecule has 4 heteroatoms. The second-order valence-corrected chi connectivity index (χ2v) is 17.1. The molecule has 4 heterocycles. The smallest absolute Gasteiger partial charge is 0.0491 e. The largest absolute Gasteiger partial charge is 0.341 e. The lowest BCUT2D eigenvalue weighted by Crippen LogP contribution is -1.93. The van der Waals surface area contributed by atoms with E-state index in [0.29, 0.717) is 0 Å². The molecule has 0 fully saturated rings. The lowest BCUT2D eigenvalue weighted by Gasteiger charge is -2.06. The summed E-state index contributed by atoms with van der Waals surface area (Å²) in [5.41, 5.74) is 12.8. The molecule has 266 valence electrons. The molecule has 0 aliphatic rings. The number of nitrogens with zero attached hydrogens (tertiary/aromatic N) is 2. The summed E-state index contributed by atoms with van der Waals surface area (Å²) < 4.78 is 10.3. The SMILES string of the molecule is CCn1c2ccc(-c3ccc4c(c3)c3cc(-c5cccc6c5sc5ccccc56)ccc3n4CC)cc2c2cc(-c3cccc4c3sc3ccccc34)ccc21. The number of benzene rings is 8. The molecule has 56 heavy (non-hydrogen) atoms. The van der Waals surface area contributed by atoms with Crippen LogP contribution >= 0.6 is 22.7 Å². The molecule has 0 spiro atoms. The molecule has 0 radical (unpaired) electrons. The van der Waals surface area contributed by atoms with Gasteiger partial charge in [-0.05, 0) is 108 Å². The van der Waals surface area contributed by atoms with Crippen molar-refractivity contribution >= 4 is 107 Å². The second-order valence-electron chi connectivity index (χ2n) is 15.0. The first kappa shape index (κ1) is 32.1. The van der Waals surface area contributed by atoms with Gasteiger partial charge in [0.25, 0.3) is 0 Å². The van der Waals surface area contributed by atoms with Crippen LogP contribution in [-0.2, 0) is 13.1 Å². The van der Waals surface area contributed by atoms with Gasteiger partial charge in [-0.3, -0.25) is 0 Å². The summed E-state index contributed by atoms with van der Waals surface area (Å²) in [7, 11) is 0. The fraction of sp³-hybridized carbons (Fsp3) is 0.0769. The Hall–Kier alpha value is -6.20. The van der Waals surface area contributed by atoms with E-state index < -0.39 is 0 Å². The predicted molar refractivity (Wildman–Crippen MR) is 246 cm³/mol. The molecule has 0 saturated carbocycles. The molecule has 0 bridgehead atoms. The minimum atomic E-state index is 0.921. The summed E-state index contributed by atoms with van der Waals surface area (Å²) in [4.78, 5) is 0. The fourth-order valence-electron chi connectivity index (χ4n) is 9.53. The van der Waals surface area contributed by atoms with Gasteiger partial charge in [-0.15, -0.1) is 22.7 Å². The molecule has 12 aromatic rings. The zero-order valence-electron chi connectivity index (χ0n) is 31.1. The molecule has 0 saturated heterocycles. The highest BCUT2D eigenvalue weighted by Gasteiger charge is 2.18. The number of rotatable bonds is 5. The first-order valence-electron chi connectivity index (χ1n) is 19.6. The van der Waals surface area contributed by atoms with Gasteiger partial charge in [0.1, 0.15) is 0 Å². The van der Waals surface area contributed by atoms with E-state index in [9.17, 15) is 0 Å². The number of fused-ring (bicyclic) bond motifs is 12. The zero-order valence-corrected chi connectivity index (χ0v) is 32.8. The maximum Gasteiger partial charge on any atom is 0.0491 e. The van der Waals surface area contributed by atoms with Crippen LogP contribution in [0.2, 0.25) is 0 Å². The summed E-state index contributed by atoms with van der Waals surface area (Å²) in [6.45, 7) is 6.35.